The monoisotopic (exact) mass is 395 g/mol. The van der Waals surface area contributed by atoms with Crippen molar-refractivity contribution in [1.29, 1.82) is 0 Å². The summed E-state index contributed by atoms with van der Waals surface area (Å²) in [5.41, 5.74) is 1.20. The minimum Gasteiger partial charge on any atom is -0.360 e. The van der Waals surface area contributed by atoms with Crippen molar-refractivity contribution in [2.45, 2.75) is 13.8 Å². The summed E-state index contributed by atoms with van der Waals surface area (Å²) in [5, 5.41) is 10.9. The first-order valence-corrected chi connectivity index (χ1v) is 8.69. The first-order chi connectivity index (χ1) is 12.0. The van der Waals surface area contributed by atoms with Crippen LogP contribution in [0, 0.1) is 6.92 Å². The van der Waals surface area contributed by atoms with Gasteiger partial charge in [-0.05, 0) is 26.0 Å². The van der Waals surface area contributed by atoms with Crippen molar-refractivity contribution in [2.75, 3.05) is 0 Å². The van der Waals surface area contributed by atoms with Crippen LogP contribution in [0.4, 0.5) is 0 Å². The number of hydrogen-bond donors (Lipinski definition) is 0. The highest BCUT2D eigenvalue weighted by molar-refractivity contribution is 7.11. The van der Waals surface area contributed by atoms with Crippen molar-refractivity contribution in [3.8, 4) is 11.3 Å². The predicted molar refractivity (Wildman–Crippen MR) is 96.4 cm³/mol. The fourth-order valence-corrected chi connectivity index (χ4v) is 3.26. The molecule has 3 aromatic rings. The predicted octanol–water partition coefficient (Wildman–Crippen LogP) is 4.99. The molecule has 6 nitrogen and oxygen atoms in total. The molecule has 0 saturated carbocycles. The van der Waals surface area contributed by atoms with Crippen molar-refractivity contribution < 1.29 is 14.2 Å². The Morgan fingerprint density at radius 1 is 1.32 bits per heavy atom. The second kappa shape index (κ2) is 7.35. The van der Waals surface area contributed by atoms with Crippen LogP contribution >= 0.6 is 34.5 Å². The molecule has 2 aromatic heterocycles. The van der Waals surface area contributed by atoms with Crippen LogP contribution in [0.3, 0.4) is 0 Å². The molecule has 3 rings (SSSR count). The second-order valence-corrected chi connectivity index (χ2v) is 6.66. The number of carbonyl (C=O) groups is 1. The fraction of sp³-hybridized carbons (Fsp3) is 0.125. The number of benzene rings is 1. The Hall–Kier alpha value is -2.22. The van der Waals surface area contributed by atoms with Gasteiger partial charge in [0, 0.05) is 17.1 Å². The van der Waals surface area contributed by atoms with Crippen molar-refractivity contribution in [3.05, 3.63) is 56.2 Å². The van der Waals surface area contributed by atoms with E-state index in [9.17, 15) is 4.79 Å². The van der Waals surface area contributed by atoms with Crippen LogP contribution in [0.1, 0.15) is 28.0 Å². The van der Waals surface area contributed by atoms with E-state index in [4.69, 9.17) is 32.6 Å². The van der Waals surface area contributed by atoms with Gasteiger partial charge in [-0.3, -0.25) is 0 Å². The van der Waals surface area contributed by atoms with Gasteiger partial charge in [0.2, 0.25) is 0 Å². The average molecular weight is 396 g/mol. The summed E-state index contributed by atoms with van der Waals surface area (Å²) < 4.78 is 5.13. The number of aryl methyl sites for hydroxylation is 1. The Labute approximate surface area is 157 Å². The first kappa shape index (κ1) is 17.6. The number of hydrogen-bond acceptors (Lipinski definition) is 7. The van der Waals surface area contributed by atoms with E-state index in [1.54, 1.807) is 43.6 Å². The zero-order valence-electron chi connectivity index (χ0n) is 13.1. The molecule has 0 fully saturated rings. The molecule has 0 unspecified atom stereocenters. The SMILES string of the molecule is C/C(=N\OC(=O)c1c(-c2c(Cl)cccc2Cl)noc1C)c1nccs1. The number of rotatable bonds is 4. The highest BCUT2D eigenvalue weighted by atomic mass is 35.5. The molecule has 0 spiro atoms. The summed E-state index contributed by atoms with van der Waals surface area (Å²) in [6, 6.07) is 4.99. The third kappa shape index (κ3) is 3.58. The van der Waals surface area contributed by atoms with Crippen LogP contribution < -0.4 is 0 Å². The van der Waals surface area contributed by atoms with Gasteiger partial charge in [-0.1, -0.05) is 39.6 Å². The Bertz CT molecular complexity index is 931. The van der Waals surface area contributed by atoms with E-state index in [0.717, 1.165) is 0 Å². The number of thiazole rings is 1. The summed E-state index contributed by atoms with van der Waals surface area (Å²) in [4.78, 5) is 21.6. The Balaban J connectivity index is 1.94. The normalized spacial score (nSPS) is 11.6. The average Bonchev–Trinajstić information content (AvgIpc) is 3.22. The molecule has 25 heavy (non-hydrogen) atoms. The molecule has 1 aromatic carbocycles. The minimum atomic E-state index is -0.722. The lowest BCUT2D eigenvalue weighted by Gasteiger charge is -2.05. The standard InChI is InChI=1S/C16H11Cl2N3O3S/c1-8(15-19-6-7-25-15)20-24-16(22)12-9(2)23-21-14(12)13-10(17)4-3-5-11(13)18/h3-7H,1-2H3/b20-8+. The maximum Gasteiger partial charge on any atom is 0.371 e. The van der Waals surface area contributed by atoms with Gasteiger partial charge in [-0.2, -0.15) is 0 Å². The molecule has 0 bridgehead atoms. The van der Waals surface area contributed by atoms with Gasteiger partial charge in [-0.15, -0.1) is 11.3 Å². The fourth-order valence-electron chi connectivity index (χ4n) is 2.10. The second-order valence-electron chi connectivity index (χ2n) is 4.95. The molecule has 0 N–H and O–H groups in total. The van der Waals surface area contributed by atoms with Gasteiger partial charge in [0.15, 0.2) is 0 Å². The number of nitrogens with zero attached hydrogens (tertiary/aromatic N) is 3. The Morgan fingerprint density at radius 3 is 2.68 bits per heavy atom. The summed E-state index contributed by atoms with van der Waals surface area (Å²) >= 11 is 13.8. The van der Waals surface area contributed by atoms with Gasteiger partial charge in [0.25, 0.3) is 0 Å². The highest BCUT2D eigenvalue weighted by Crippen LogP contribution is 2.36. The van der Waals surface area contributed by atoms with E-state index in [0.29, 0.717) is 26.3 Å². The van der Waals surface area contributed by atoms with Crippen molar-refractivity contribution in [1.82, 2.24) is 10.1 Å². The Kier molecular flexibility index (Phi) is 5.17. The van der Waals surface area contributed by atoms with Crippen molar-refractivity contribution in [3.63, 3.8) is 0 Å². The molecule has 0 aliphatic rings. The van der Waals surface area contributed by atoms with Crippen LogP contribution in [0.25, 0.3) is 11.3 Å². The minimum absolute atomic E-state index is 0.116. The van der Waals surface area contributed by atoms with Crippen LogP contribution in [0.2, 0.25) is 10.0 Å². The zero-order valence-corrected chi connectivity index (χ0v) is 15.4. The largest absolute Gasteiger partial charge is 0.371 e. The maximum absolute atomic E-state index is 12.5. The summed E-state index contributed by atoms with van der Waals surface area (Å²) in [6.45, 7) is 3.29. The molecule has 0 atom stereocenters. The van der Waals surface area contributed by atoms with Gasteiger partial charge < -0.3 is 9.36 Å². The lowest BCUT2D eigenvalue weighted by molar-refractivity contribution is 0.0515. The lowest BCUT2D eigenvalue weighted by Crippen LogP contribution is -2.06. The van der Waals surface area contributed by atoms with Crippen molar-refractivity contribution >= 4 is 46.2 Å². The molecule has 0 radical (unpaired) electrons. The lowest BCUT2D eigenvalue weighted by atomic mass is 10.1. The number of oxime groups is 1. The zero-order chi connectivity index (χ0) is 18.0. The third-order valence-corrected chi connectivity index (χ3v) is 4.79. The topological polar surface area (TPSA) is 77.6 Å². The van der Waals surface area contributed by atoms with E-state index >= 15 is 0 Å². The van der Waals surface area contributed by atoms with E-state index in [-0.39, 0.29) is 17.0 Å². The number of halogens is 2. The molecule has 0 aliphatic carbocycles. The molecule has 9 heteroatoms. The van der Waals surface area contributed by atoms with Gasteiger partial charge in [-0.25, -0.2) is 9.78 Å². The van der Waals surface area contributed by atoms with Gasteiger partial charge in [0.05, 0.1) is 10.0 Å². The molecule has 0 amide bonds. The third-order valence-electron chi connectivity index (χ3n) is 3.27. The van der Waals surface area contributed by atoms with E-state index < -0.39 is 5.97 Å². The van der Waals surface area contributed by atoms with Gasteiger partial charge >= 0.3 is 5.97 Å². The van der Waals surface area contributed by atoms with E-state index in [1.165, 1.54) is 11.3 Å². The Morgan fingerprint density at radius 2 is 2.04 bits per heavy atom. The quantitative estimate of drug-likeness (QED) is 0.353. The maximum atomic E-state index is 12.5. The molecule has 128 valence electrons. The molecule has 0 aliphatic heterocycles. The summed E-state index contributed by atoms with van der Waals surface area (Å²) in [7, 11) is 0. The van der Waals surface area contributed by atoms with Crippen molar-refractivity contribution in [2.24, 2.45) is 5.16 Å². The summed E-state index contributed by atoms with van der Waals surface area (Å²) in [6.07, 6.45) is 1.64. The molecular formula is C16H11Cl2N3O3S. The van der Waals surface area contributed by atoms with E-state index in [2.05, 4.69) is 15.3 Å². The molecule has 2 heterocycles. The smallest absolute Gasteiger partial charge is 0.360 e. The highest BCUT2D eigenvalue weighted by Gasteiger charge is 2.26. The van der Waals surface area contributed by atoms with Gasteiger partial charge in [0.1, 0.15) is 27.7 Å². The van der Waals surface area contributed by atoms with Crippen LogP contribution in [-0.2, 0) is 4.84 Å². The van der Waals surface area contributed by atoms with Crippen LogP contribution in [-0.4, -0.2) is 21.8 Å². The number of carbonyl (C=O) groups excluding carboxylic acids is 1. The molecular weight excluding hydrogens is 385 g/mol. The van der Waals surface area contributed by atoms with Crippen LogP contribution in [0.5, 0.6) is 0 Å². The number of aromatic nitrogens is 2. The first-order valence-electron chi connectivity index (χ1n) is 7.05. The summed E-state index contributed by atoms with van der Waals surface area (Å²) in [5.74, 6) is -0.446. The van der Waals surface area contributed by atoms with Crippen LogP contribution in [0.15, 0.2) is 39.5 Å². The van der Waals surface area contributed by atoms with E-state index in [1.807, 2.05) is 0 Å². The molecule has 0 saturated heterocycles.